The summed E-state index contributed by atoms with van der Waals surface area (Å²) in [6.45, 7) is 1.64. The Morgan fingerprint density at radius 3 is 2.68 bits per heavy atom. The second kappa shape index (κ2) is 6.36. The van der Waals surface area contributed by atoms with Crippen LogP contribution in [0.15, 0.2) is 48.7 Å². The van der Waals surface area contributed by atoms with Crippen molar-refractivity contribution in [2.75, 3.05) is 25.0 Å². The van der Waals surface area contributed by atoms with Crippen LogP contribution in [-0.2, 0) is 11.2 Å². The van der Waals surface area contributed by atoms with E-state index in [1.165, 1.54) is 0 Å². The molecule has 2 aromatic rings. The highest BCUT2D eigenvalue weighted by Gasteiger charge is 2.33. The van der Waals surface area contributed by atoms with Crippen LogP contribution < -0.4 is 4.90 Å². The summed E-state index contributed by atoms with van der Waals surface area (Å²) >= 11 is 6.12. The highest BCUT2D eigenvalue weighted by atomic mass is 35.5. The number of hydrogen-bond donors (Lipinski definition) is 0. The highest BCUT2D eigenvalue weighted by Crippen LogP contribution is 2.22. The normalized spacial score (nSPS) is 14.5. The number of halogens is 1. The number of carbonyl (C=O) groups is 1. The van der Waals surface area contributed by atoms with Crippen LogP contribution in [0.3, 0.4) is 0 Å². The third-order valence-electron chi connectivity index (χ3n) is 4.08. The molecule has 0 N–H and O–H groups in total. The van der Waals surface area contributed by atoms with Gasteiger partial charge < -0.3 is 9.80 Å². The Morgan fingerprint density at radius 1 is 1.27 bits per heavy atom. The maximum Gasteiger partial charge on any atom is 0.227 e. The lowest BCUT2D eigenvalue weighted by molar-refractivity contribution is -0.131. The molecular weight excluding hydrogens is 298 g/mol. The molecule has 0 bridgehead atoms. The fourth-order valence-electron chi connectivity index (χ4n) is 2.56. The number of likely N-dealkylation sites (N-methyl/N-ethyl adjacent to an activating group) is 1. The molecule has 1 aromatic heterocycles. The number of aromatic nitrogens is 1. The maximum atomic E-state index is 12.4. The predicted molar refractivity (Wildman–Crippen MR) is 88.2 cm³/mol. The summed E-state index contributed by atoms with van der Waals surface area (Å²) in [5.74, 6) is 1.06. The molecule has 1 saturated heterocycles. The summed E-state index contributed by atoms with van der Waals surface area (Å²) in [4.78, 5) is 20.7. The summed E-state index contributed by atoms with van der Waals surface area (Å²) < 4.78 is 0. The summed E-state index contributed by atoms with van der Waals surface area (Å²) in [5.41, 5.74) is 0.877. The lowest BCUT2D eigenvalue weighted by Crippen LogP contribution is -2.60. The van der Waals surface area contributed by atoms with Crippen LogP contribution in [0.4, 0.5) is 5.82 Å². The Hall–Kier alpha value is -2.07. The van der Waals surface area contributed by atoms with Gasteiger partial charge in [0.1, 0.15) is 5.82 Å². The topological polar surface area (TPSA) is 36.4 Å². The predicted octanol–water partition coefficient (Wildman–Crippen LogP) is 2.62. The smallest absolute Gasteiger partial charge is 0.227 e. The summed E-state index contributed by atoms with van der Waals surface area (Å²) in [5, 5.41) is 0.646. The second-order valence-electron chi connectivity index (χ2n) is 5.52. The van der Waals surface area contributed by atoms with Crippen molar-refractivity contribution in [3.8, 4) is 0 Å². The number of rotatable bonds is 4. The summed E-state index contributed by atoms with van der Waals surface area (Å²) in [6.07, 6.45) is 2.13. The number of carbonyl (C=O) groups excluding carboxylic acids is 1. The Kier molecular flexibility index (Phi) is 4.29. The fraction of sp³-hybridized carbons (Fsp3) is 0.294. The quantitative estimate of drug-likeness (QED) is 0.870. The summed E-state index contributed by atoms with van der Waals surface area (Å²) in [7, 11) is 1.86. The van der Waals surface area contributed by atoms with Crippen molar-refractivity contribution >= 4 is 23.3 Å². The molecule has 2 heterocycles. The van der Waals surface area contributed by atoms with E-state index in [0.29, 0.717) is 11.4 Å². The van der Waals surface area contributed by atoms with Gasteiger partial charge in [0.25, 0.3) is 0 Å². The first-order valence-electron chi connectivity index (χ1n) is 7.30. The molecule has 0 unspecified atom stereocenters. The average molecular weight is 316 g/mol. The third kappa shape index (κ3) is 3.07. The molecule has 0 spiro atoms. The Morgan fingerprint density at radius 2 is 2.00 bits per heavy atom. The molecule has 114 valence electrons. The van der Waals surface area contributed by atoms with Gasteiger partial charge in [-0.25, -0.2) is 4.98 Å². The number of nitrogens with zero attached hydrogens (tertiary/aromatic N) is 3. The molecule has 1 fully saturated rings. The Labute approximate surface area is 135 Å². The van der Waals surface area contributed by atoms with Crippen LogP contribution in [0, 0.1) is 0 Å². The van der Waals surface area contributed by atoms with Gasteiger partial charge in [-0.15, -0.1) is 0 Å². The van der Waals surface area contributed by atoms with Crippen molar-refractivity contribution in [2.45, 2.75) is 12.5 Å². The lowest BCUT2D eigenvalue weighted by Gasteiger charge is -2.44. The number of amides is 1. The average Bonchev–Trinajstić information content (AvgIpc) is 2.49. The van der Waals surface area contributed by atoms with E-state index < -0.39 is 0 Å². The van der Waals surface area contributed by atoms with E-state index >= 15 is 0 Å². The molecule has 1 aliphatic rings. The van der Waals surface area contributed by atoms with E-state index in [4.69, 9.17) is 11.6 Å². The first-order valence-corrected chi connectivity index (χ1v) is 7.68. The highest BCUT2D eigenvalue weighted by molar-refractivity contribution is 6.31. The molecule has 22 heavy (non-hydrogen) atoms. The SMILES string of the molecule is CN(C(=O)Cc1ccccc1Cl)C1CN(c2ccccn2)C1. The zero-order valence-corrected chi connectivity index (χ0v) is 13.2. The van der Waals surface area contributed by atoms with Crippen molar-refractivity contribution in [3.63, 3.8) is 0 Å². The molecule has 1 aliphatic heterocycles. The molecule has 0 atom stereocenters. The lowest BCUT2D eigenvalue weighted by atomic mass is 10.1. The standard InChI is InChI=1S/C17H18ClN3O/c1-20(17(22)10-13-6-2-3-7-15(13)18)14-11-21(12-14)16-8-4-5-9-19-16/h2-9,14H,10-12H2,1H3. The molecule has 0 radical (unpaired) electrons. The van der Waals surface area contributed by atoms with Crippen LogP contribution in [0.25, 0.3) is 0 Å². The van der Waals surface area contributed by atoms with Gasteiger partial charge in [0.2, 0.25) is 5.91 Å². The molecule has 4 nitrogen and oxygen atoms in total. The van der Waals surface area contributed by atoms with Gasteiger partial charge in [0.05, 0.1) is 12.5 Å². The Bertz CT molecular complexity index is 656. The molecular formula is C17H18ClN3O. The van der Waals surface area contributed by atoms with Gasteiger partial charge in [-0.05, 0) is 23.8 Å². The number of anilines is 1. The first kappa shape index (κ1) is 14.9. The van der Waals surface area contributed by atoms with E-state index in [-0.39, 0.29) is 11.9 Å². The van der Waals surface area contributed by atoms with E-state index in [1.807, 2.05) is 54.4 Å². The zero-order chi connectivity index (χ0) is 15.5. The van der Waals surface area contributed by atoms with Gasteiger partial charge in [0.15, 0.2) is 0 Å². The van der Waals surface area contributed by atoms with E-state index in [0.717, 1.165) is 24.5 Å². The molecule has 0 aliphatic carbocycles. The van der Waals surface area contributed by atoms with Crippen LogP contribution in [-0.4, -0.2) is 42.0 Å². The minimum absolute atomic E-state index is 0.0961. The molecule has 3 rings (SSSR count). The maximum absolute atomic E-state index is 12.4. The fourth-order valence-corrected chi connectivity index (χ4v) is 2.76. The van der Waals surface area contributed by atoms with E-state index in [2.05, 4.69) is 9.88 Å². The van der Waals surface area contributed by atoms with Gasteiger partial charge >= 0.3 is 0 Å². The van der Waals surface area contributed by atoms with Crippen molar-refractivity contribution in [2.24, 2.45) is 0 Å². The van der Waals surface area contributed by atoms with E-state index in [1.54, 1.807) is 6.20 Å². The van der Waals surface area contributed by atoms with Crippen molar-refractivity contribution < 1.29 is 4.79 Å². The number of pyridine rings is 1. The van der Waals surface area contributed by atoms with Gasteiger partial charge in [-0.1, -0.05) is 35.9 Å². The molecule has 1 amide bonds. The Balaban J connectivity index is 1.56. The van der Waals surface area contributed by atoms with Crippen molar-refractivity contribution in [1.82, 2.24) is 9.88 Å². The largest absolute Gasteiger partial charge is 0.352 e. The monoisotopic (exact) mass is 315 g/mol. The minimum Gasteiger partial charge on any atom is -0.352 e. The second-order valence-corrected chi connectivity index (χ2v) is 5.93. The van der Waals surface area contributed by atoms with Crippen LogP contribution in [0.2, 0.25) is 5.02 Å². The first-order chi connectivity index (χ1) is 10.6. The third-order valence-corrected chi connectivity index (χ3v) is 4.44. The minimum atomic E-state index is 0.0961. The zero-order valence-electron chi connectivity index (χ0n) is 12.4. The number of hydrogen-bond acceptors (Lipinski definition) is 3. The van der Waals surface area contributed by atoms with E-state index in [9.17, 15) is 4.79 Å². The number of benzene rings is 1. The molecule has 1 aromatic carbocycles. The van der Waals surface area contributed by atoms with Crippen LogP contribution in [0.1, 0.15) is 5.56 Å². The van der Waals surface area contributed by atoms with Crippen LogP contribution >= 0.6 is 11.6 Å². The molecule has 0 saturated carbocycles. The summed E-state index contributed by atoms with van der Waals surface area (Å²) in [6, 6.07) is 13.6. The van der Waals surface area contributed by atoms with Gasteiger partial charge in [0, 0.05) is 31.4 Å². The van der Waals surface area contributed by atoms with Gasteiger partial charge in [-0.2, -0.15) is 0 Å². The van der Waals surface area contributed by atoms with Crippen molar-refractivity contribution in [3.05, 3.63) is 59.2 Å². The van der Waals surface area contributed by atoms with Crippen LogP contribution in [0.5, 0.6) is 0 Å². The van der Waals surface area contributed by atoms with Crippen molar-refractivity contribution in [1.29, 1.82) is 0 Å². The molecule has 5 heteroatoms. The van der Waals surface area contributed by atoms with Gasteiger partial charge in [-0.3, -0.25) is 4.79 Å².